The highest BCUT2D eigenvalue weighted by molar-refractivity contribution is 5.93. The van der Waals surface area contributed by atoms with Crippen molar-refractivity contribution in [2.24, 2.45) is 0 Å². The Bertz CT molecular complexity index is 504. The van der Waals surface area contributed by atoms with Crippen molar-refractivity contribution in [3.05, 3.63) is 41.5 Å². The number of unbranched alkanes of at least 4 members (excludes halogenated alkanes) is 2. The van der Waals surface area contributed by atoms with E-state index in [1.807, 2.05) is 12.1 Å². The summed E-state index contributed by atoms with van der Waals surface area (Å²) < 4.78 is 0. The Hall–Kier alpha value is -2.10. The molecule has 0 radical (unpaired) electrons. The quantitative estimate of drug-likeness (QED) is 0.460. The third kappa shape index (κ3) is 7.07. The van der Waals surface area contributed by atoms with Gasteiger partial charge >= 0.3 is 0 Å². The van der Waals surface area contributed by atoms with E-state index >= 15 is 0 Å². The van der Waals surface area contributed by atoms with Gasteiger partial charge in [0, 0.05) is 12.5 Å². The lowest BCUT2D eigenvalue weighted by atomic mass is 10.0. The van der Waals surface area contributed by atoms with Gasteiger partial charge in [0.15, 0.2) is 0 Å². The molecule has 0 fully saturated rings. The summed E-state index contributed by atoms with van der Waals surface area (Å²) in [4.78, 5) is 23.1. The van der Waals surface area contributed by atoms with E-state index in [4.69, 9.17) is 0 Å². The Balaban J connectivity index is 2.36. The molecule has 0 unspecified atom stereocenters. The Kier molecular flexibility index (Phi) is 7.97. The number of hydrazine groups is 1. The van der Waals surface area contributed by atoms with Crippen molar-refractivity contribution in [1.82, 2.24) is 10.9 Å². The number of benzene rings is 1. The number of carbonyl (C=O) groups is 2. The minimum Gasteiger partial charge on any atom is -0.273 e. The fourth-order valence-corrected chi connectivity index (χ4v) is 1.93. The molecule has 0 bridgehead atoms. The molecule has 22 heavy (non-hydrogen) atoms. The maximum atomic E-state index is 11.6. The Morgan fingerprint density at radius 1 is 1.09 bits per heavy atom. The summed E-state index contributed by atoms with van der Waals surface area (Å²) in [5.41, 5.74) is 7.01. The zero-order valence-electron chi connectivity index (χ0n) is 13.7. The zero-order chi connectivity index (χ0) is 16.4. The van der Waals surface area contributed by atoms with Gasteiger partial charge in [-0.1, -0.05) is 57.9 Å². The van der Waals surface area contributed by atoms with Crippen LogP contribution in [0.5, 0.6) is 0 Å². The van der Waals surface area contributed by atoms with Crippen molar-refractivity contribution in [1.29, 1.82) is 0 Å². The largest absolute Gasteiger partial charge is 0.273 e. The van der Waals surface area contributed by atoms with Gasteiger partial charge < -0.3 is 0 Å². The second-order valence-electron chi connectivity index (χ2n) is 5.65. The monoisotopic (exact) mass is 302 g/mol. The average Bonchev–Trinajstić information content (AvgIpc) is 2.51. The Labute approximate surface area is 133 Å². The van der Waals surface area contributed by atoms with Crippen LogP contribution in [0.25, 0.3) is 6.08 Å². The first kappa shape index (κ1) is 18.0. The zero-order valence-corrected chi connectivity index (χ0v) is 13.7. The highest BCUT2D eigenvalue weighted by Gasteiger charge is 2.02. The molecule has 2 amide bonds. The van der Waals surface area contributed by atoms with Gasteiger partial charge in [0.05, 0.1) is 0 Å². The Morgan fingerprint density at radius 3 is 2.36 bits per heavy atom. The lowest BCUT2D eigenvalue weighted by Crippen LogP contribution is -2.40. The Morgan fingerprint density at radius 2 is 1.77 bits per heavy atom. The first-order valence-electron chi connectivity index (χ1n) is 7.89. The molecule has 0 saturated heterocycles. The second kappa shape index (κ2) is 9.77. The molecule has 4 heteroatoms. The first-order chi connectivity index (χ1) is 10.5. The summed E-state index contributed by atoms with van der Waals surface area (Å²) >= 11 is 0. The minimum absolute atomic E-state index is 0.156. The van der Waals surface area contributed by atoms with Crippen molar-refractivity contribution in [3.8, 4) is 0 Å². The van der Waals surface area contributed by atoms with Crippen molar-refractivity contribution in [3.63, 3.8) is 0 Å². The molecule has 0 heterocycles. The van der Waals surface area contributed by atoms with Gasteiger partial charge in [0.2, 0.25) is 5.91 Å². The summed E-state index contributed by atoms with van der Waals surface area (Å²) in [6.07, 6.45) is 6.51. The fourth-order valence-electron chi connectivity index (χ4n) is 1.93. The third-order valence-electron chi connectivity index (χ3n) is 3.36. The van der Waals surface area contributed by atoms with Gasteiger partial charge in [0.1, 0.15) is 0 Å². The van der Waals surface area contributed by atoms with E-state index in [9.17, 15) is 9.59 Å². The number of amides is 2. The standard InChI is InChI=1S/C18H26N2O2/c1-4-5-6-7-17(21)19-20-18(22)13-10-15-8-11-16(12-9-15)14(2)3/h8-14H,4-7H2,1-3H3,(H,19,21)(H,20,22)/b13-10+. The highest BCUT2D eigenvalue weighted by atomic mass is 16.2. The lowest BCUT2D eigenvalue weighted by molar-refractivity contribution is -0.126. The van der Waals surface area contributed by atoms with Crippen LogP contribution >= 0.6 is 0 Å². The number of hydrogen-bond donors (Lipinski definition) is 2. The van der Waals surface area contributed by atoms with Crippen LogP contribution in [-0.2, 0) is 9.59 Å². The molecular formula is C18H26N2O2. The smallest absolute Gasteiger partial charge is 0.262 e. The molecule has 1 rings (SSSR count). The molecule has 0 aliphatic rings. The van der Waals surface area contributed by atoms with Crippen LogP contribution in [0.4, 0.5) is 0 Å². The summed E-state index contributed by atoms with van der Waals surface area (Å²) in [6.45, 7) is 6.36. The van der Waals surface area contributed by atoms with E-state index in [0.717, 1.165) is 24.8 Å². The fraction of sp³-hybridized carbons (Fsp3) is 0.444. The molecule has 1 aromatic rings. The minimum atomic E-state index is -0.336. The normalized spacial score (nSPS) is 10.9. The number of nitrogens with one attached hydrogen (secondary N) is 2. The summed E-state index contributed by atoms with van der Waals surface area (Å²) in [7, 11) is 0. The van der Waals surface area contributed by atoms with E-state index in [0.29, 0.717) is 12.3 Å². The van der Waals surface area contributed by atoms with Crippen molar-refractivity contribution < 1.29 is 9.59 Å². The van der Waals surface area contributed by atoms with Gasteiger partial charge in [-0.05, 0) is 29.5 Å². The van der Waals surface area contributed by atoms with Crippen LogP contribution in [0.15, 0.2) is 30.3 Å². The van der Waals surface area contributed by atoms with E-state index in [1.165, 1.54) is 11.6 Å². The molecule has 4 nitrogen and oxygen atoms in total. The molecule has 0 aliphatic heterocycles. The third-order valence-corrected chi connectivity index (χ3v) is 3.36. The number of hydrogen-bond acceptors (Lipinski definition) is 2. The maximum Gasteiger partial charge on any atom is 0.262 e. The SMILES string of the molecule is CCCCCC(=O)NNC(=O)/C=C/c1ccc(C(C)C)cc1. The van der Waals surface area contributed by atoms with Crippen LogP contribution < -0.4 is 10.9 Å². The van der Waals surface area contributed by atoms with Gasteiger partial charge in [-0.15, -0.1) is 0 Å². The van der Waals surface area contributed by atoms with Crippen LogP contribution in [0.2, 0.25) is 0 Å². The summed E-state index contributed by atoms with van der Waals surface area (Å²) in [5.74, 6) is -0.00230. The van der Waals surface area contributed by atoms with E-state index in [1.54, 1.807) is 6.08 Å². The number of carbonyl (C=O) groups excluding carboxylic acids is 2. The summed E-state index contributed by atoms with van der Waals surface area (Å²) in [5, 5.41) is 0. The molecule has 0 spiro atoms. The predicted molar refractivity (Wildman–Crippen MR) is 90.0 cm³/mol. The van der Waals surface area contributed by atoms with Gasteiger partial charge in [-0.3, -0.25) is 20.4 Å². The van der Waals surface area contributed by atoms with Crippen molar-refractivity contribution >= 4 is 17.9 Å². The molecule has 2 N–H and O–H groups in total. The summed E-state index contributed by atoms with van der Waals surface area (Å²) in [6, 6.07) is 8.06. The van der Waals surface area contributed by atoms with Crippen LogP contribution in [-0.4, -0.2) is 11.8 Å². The lowest BCUT2D eigenvalue weighted by Gasteiger charge is -2.05. The van der Waals surface area contributed by atoms with Gasteiger partial charge in [-0.2, -0.15) is 0 Å². The van der Waals surface area contributed by atoms with Crippen molar-refractivity contribution in [2.75, 3.05) is 0 Å². The van der Waals surface area contributed by atoms with Crippen LogP contribution in [0, 0.1) is 0 Å². The average molecular weight is 302 g/mol. The topological polar surface area (TPSA) is 58.2 Å². The first-order valence-corrected chi connectivity index (χ1v) is 7.89. The van der Waals surface area contributed by atoms with Gasteiger partial charge in [-0.25, -0.2) is 0 Å². The second-order valence-corrected chi connectivity index (χ2v) is 5.65. The highest BCUT2D eigenvalue weighted by Crippen LogP contribution is 2.15. The molecular weight excluding hydrogens is 276 g/mol. The molecule has 1 aromatic carbocycles. The van der Waals surface area contributed by atoms with Crippen molar-refractivity contribution in [2.45, 2.75) is 52.4 Å². The van der Waals surface area contributed by atoms with E-state index in [2.05, 4.69) is 43.8 Å². The predicted octanol–water partition coefficient (Wildman–Crippen LogP) is 3.55. The molecule has 0 atom stereocenters. The van der Waals surface area contributed by atoms with E-state index in [-0.39, 0.29) is 11.8 Å². The number of rotatable bonds is 7. The molecule has 0 aliphatic carbocycles. The maximum absolute atomic E-state index is 11.6. The molecule has 0 saturated carbocycles. The molecule has 0 aromatic heterocycles. The van der Waals surface area contributed by atoms with Crippen LogP contribution in [0.1, 0.15) is 63.5 Å². The molecule has 120 valence electrons. The van der Waals surface area contributed by atoms with Crippen LogP contribution in [0.3, 0.4) is 0 Å². The van der Waals surface area contributed by atoms with E-state index < -0.39 is 0 Å². The van der Waals surface area contributed by atoms with Gasteiger partial charge in [0.25, 0.3) is 5.91 Å².